The van der Waals surface area contributed by atoms with Crippen LogP contribution in [0.1, 0.15) is 47.2 Å². The summed E-state index contributed by atoms with van der Waals surface area (Å²) in [6.45, 7) is 4.74. The molecule has 1 aliphatic carbocycles. The second kappa shape index (κ2) is 5.35. The molecule has 0 heterocycles. The van der Waals surface area contributed by atoms with Gasteiger partial charge in [-0.15, -0.1) is 0 Å². The van der Waals surface area contributed by atoms with E-state index in [0.717, 1.165) is 29.8 Å². The van der Waals surface area contributed by atoms with Crippen LogP contribution < -0.4 is 4.74 Å². The Morgan fingerprint density at radius 1 is 1.29 bits per heavy atom. The van der Waals surface area contributed by atoms with Crippen LogP contribution in [0.3, 0.4) is 0 Å². The minimum Gasteiger partial charge on any atom is -0.493 e. The van der Waals surface area contributed by atoms with E-state index in [0.29, 0.717) is 11.5 Å². The van der Waals surface area contributed by atoms with Crippen LogP contribution in [0.4, 0.5) is 0 Å². The summed E-state index contributed by atoms with van der Waals surface area (Å²) in [7, 11) is 0. The molecule has 0 aliphatic heterocycles. The van der Waals surface area contributed by atoms with E-state index >= 15 is 0 Å². The Hall–Kier alpha value is -1.31. The molecule has 1 aromatic rings. The zero-order valence-electron chi connectivity index (χ0n) is 10.7. The van der Waals surface area contributed by atoms with Gasteiger partial charge in [0.2, 0.25) is 0 Å². The molecule has 2 heteroatoms. The molecule has 92 valence electrons. The van der Waals surface area contributed by atoms with Gasteiger partial charge < -0.3 is 4.74 Å². The molecule has 0 bridgehead atoms. The van der Waals surface area contributed by atoms with Crippen molar-refractivity contribution in [1.29, 1.82) is 0 Å². The fourth-order valence-electron chi connectivity index (χ4n) is 2.59. The second-order valence-electron chi connectivity index (χ2n) is 5.07. The number of carbonyl (C=O) groups excluding carboxylic acids is 1. The van der Waals surface area contributed by atoms with Gasteiger partial charge in [-0.2, -0.15) is 0 Å². The molecule has 0 atom stereocenters. The van der Waals surface area contributed by atoms with Gasteiger partial charge in [0, 0.05) is 0 Å². The Morgan fingerprint density at radius 2 is 2.00 bits per heavy atom. The van der Waals surface area contributed by atoms with E-state index in [-0.39, 0.29) is 0 Å². The third kappa shape index (κ3) is 2.87. The molecule has 0 N–H and O–H groups in total. The predicted octanol–water partition coefficient (Wildman–Crippen LogP) is 3.68. The molecule has 0 unspecified atom stereocenters. The highest BCUT2D eigenvalue weighted by Gasteiger charge is 2.16. The van der Waals surface area contributed by atoms with Crippen molar-refractivity contribution in [3.63, 3.8) is 0 Å². The lowest BCUT2D eigenvalue weighted by molar-refractivity contribution is 0.111. The molecule has 0 amide bonds. The number of rotatable bonds is 4. The molecule has 1 aromatic carbocycles. The molecular formula is C15H20O2. The van der Waals surface area contributed by atoms with Crippen LogP contribution in [0.2, 0.25) is 0 Å². The molecule has 0 aromatic heterocycles. The maximum Gasteiger partial charge on any atom is 0.154 e. The number of hydrogen-bond donors (Lipinski definition) is 0. The normalized spacial score (nSPS) is 16.1. The van der Waals surface area contributed by atoms with Gasteiger partial charge in [0.1, 0.15) is 5.75 Å². The highest BCUT2D eigenvalue weighted by molar-refractivity contribution is 5.81. The van der Waals surface area contributed by atoms with Crippen LogP contribution in [-0.2, 0) is 0 Å². The van der Waals surface area contributed by atoms with Gasteiger partial charge in [0.25, 0.3) is 0 Å². The number of ether oxygens (including phenoxy) is 1. The summed E-state index contributed by atoms with van der Waals surface area (Å²) in [5, 5.41) is 0. The Balaban J connectivity index is 2.10. The highest BCUT2D eigenvalue weighted by Crippen LogP contribution is 2.28. The van der Waals surface area contributed by atoms with E-state index in [1.165, 1.54) is 25.7 Å². The molecule has 1 saturated carbocycles. The lowest BCUT2D eigenvalue weighted by Crippen LogP contribution is -2.09. The average molecular weight is 232 g/mol. The fraction of sp³-hybridized carbons (Fsp3) is 0.533. The van der Waals surface area contributed by atoms with Gasteiger partial charge in [-0.05, 0) is 49.8 Å². The van der Waals surface area contributed by atoms with Crippen molar-refractivity contribution in [2.75, 3.05) is 6.61 Å². The van der Waals surface area contributed by atoms with E-state index < -0.39 is 0 Å². The minimum absolute atomic E-state index is 0.676. The van der Waals surface area contributed by atoms with Gasteiger partial charge in [0.15, 0.2) is 6.29 Å². The first-order valence-electron chi connectivity index (χ1n) is 6.40. The summed E-state index contributed by atoms with van der Waals surface area (Å²) in [5.74, 6) is 1.43. The van der Waals surface area contributed by atoms with E-state index in [1.807, 2.05) is 26.0 Å². The first-order valence-corrected chi connectivity index (χ1v) is 6.40. The van der Waals surface area contributed by atoms with Crippen LogP contribution in [0.25, 0.3) is 0 Å². The average Bonchev–Trinajstić information content (AvgIpc) is 2.78. The Morgan fingerprint density at radius 3 is 2.65 bits per heavy atom. The van der Waals surface area contributed by atoms with Crippen LogP contribution in [0.15, 0.2) is 12.1 Å². The Labute approximate surface area is 103 Å². The summed E-state index contributed by atoms with van der Waals surface area (Å²) < 4.78 is 5.84. The number of aryl methyl sites for hydroxylation is 2. The summed E-state index contributed by atoms with van der Waals surface area (Å²) in [6.07, 6.45) is 6.07. The molecular weight excluding hydrogens is 212 g/mol. The number of benzene rings is 1. The molecule has 1 aliphatic rings. The van der Waals surface area contributed by atoms with Crippen LogP contribution >= 0.6 is 0 Å². The van der Waals surface area contributed by atoms with Crippen molar-refractivity contribution in [3.05, 3.63) is 28.8 Å². The summed E-state index contributed by atoms with van der Waals surface area (Å²) >= 11 is 0. The van der Waals surface area contributed by atoms with Crippen molar-refractivity contribution in [3.8, 4) is 5.75 Å². The monoisotopic (exact) mass is 232 g/mol. The van der Waals surface area contributed by atoms with E-state index in [9.17, 15) is 4.79 Å². The molecule has 1 fully saturated rings. The third-order valence-corrected chi connectivity index (χ3v) is 3.56. The van der Waals surface area contributed by atoms with Gasteiger partial charge in [0.05, 0.1) is 12.2 Å². The maximum absolute atomic E-state index is 11.1. The van der Waals surface area contributed by atoms with E-state index in [2.05, 4.69) is 0 Å². The lowest BCUT2D eigenvalue weighted by atomic mass is 10.1. The number of aldehydes is 1. The standard InChI is InChI=1S/C15H20O2/c1-11-7-12(2)14(9-16)15(8-11)17-10-13-5-3-4-6-13/h7-9,13H,3-6,10H2,1-2H3. The van der Waals surface area contributed by atoms with Crippen molar-refractivity contribution in [2.45, 2.75) is 39.5 Å². The van der Waals surface area contributed by atoms with Crippen LogP contribution in [-0.4, -0.2) is 12.9 Å². The Kier molecular flexibility index (Phi) is 3.82. The quantitative estimate of drug-likeness (QED) is 0.740. The zero-order valence-corrected chi connectivity index (χ0v) is 10.7. The van der Waals surface area contributed by atoms with Crippen molar-refractivity contribution >= 4 is 6.29 Å². The maximum atomic E-state index is 11.1. The van der Waals surface area contributed by atoms with Crippen molar-refractivity contribution in [1.82, 2.24) is 0 Å². The van der Waals surface area contributed by atoms with Crippen LogP contribution in [0.5, 0.6) is 5.75 Å². The van der Waals surface area contributed by atoms with Gasteiger partial charge >= 0.3 is 0 Å². The van der Waals surface area contributed by atoms with Gasteiger partial charge in [-0.1, -0.05) is 18.9 Å². The number of carbonyl (C=O) groups is 1. The number of hydrogen-bond acceptors (Lipinski definition) is 2. The molecule has 0 radical (unpaired) electrons. The molecule has 2 rings (SSSR count). The van der Waals surface area contributed by atoms with Gasteiger partial charge in [-0.25, -0.2) is 0 Å². The SMILES string of the molecule is Cc1cc(C)c(C=O)c(OCC2CCCC2)c1. The van der Waals surface area contributed by atoms with E-state index in [4.69, 9.17) is 4.74 Å². The smallest absolute Gasteiger partial charge is 0.154 e. The van der Waals surface area contributed by atoms with Crippen molar-refractivity contribution in [2.24, 2.45) is 5.92 Å². The third-order valence-electron chi connectivity index (χ3n) is 3.56. The molecule has 17 heavy (non-hydrogen) atoms. The van der Waals surface area contributed by atoms with E-state index in [1.54, 1.807) is 0 Å². The molecule has 0 saturated heterocycles. The Bertz CT molecular complexity index is 404. The molecule has 2 nitrogen and oxygen atoms in total. The topological polar surface area (TPSA) is 26.3 Å². The minimum atomic E-state index is 0.676. The summed E-state index contributed by atoms with van der Waals surface area (Å²) in [4.78, 5) is 11.1. The fourth-order valence-corrected chi connectivity index (χ4v) is 2.59. The first-order chi connectivity index (χ1) is 8.20. The van der Waals surface area contributed by atoms with Crippen molar-refractivity contribution < 1.29 is 9.53 Å². The largest absolute Gasteiger partial charge is 0.493 e. The lowest BCUT2D eigenvalue weighted by Gasteiger charge is -2.14. The summed E-state index contributed by atoms with van der Waals surface area (Å²) in [5.41, 5.74) is 2.85. The van der Waals surface area contributed by atoms with Crippen LogP contribution in [0, 0.1) is 19.8 Å². The summed E-state index contributed by atoms with van der Waals surface area (Å²) in [6, 6.07) is 3.98. The molecule has 0 spiro atoms. The first kappa shape index (κ1) is 12.2. The second-order valence-corrected chi connectivity index (χ2v) is 5.07. The highest BCUT2D eigenvalue weighted by atomic mass is 16.5. The van der Waals surface area contributed by atoms with Gasteiger partial charge in [-0.3, -0.25) is 4.79 Å². The zero-order chi connectivity index (χ0) is 12.3. The predicted molar refractivity (Wildman–Crippen MR) is 68.8 cm³/mol.